The van der Waals surface area contributed by atoms with E-state index in [0.717, 1.165) is 23.4 Å². The van der Waals surface area contributed by atoms with Crippen LogP contribution in [-0.2, 0) is 27.4 Å². The molecule has 0 spiro atoms. The summed E-state index contributed by atoms with van der Waals surface area (Å²) in [5, 5.41) is 2.32. The van der Waals surface area contributed by atoms with E-state index in [1.165, 1.54) is 29.9 Å². The van der Waals surface area contributed by atoms with E-state index in [4.69, 9.17) is 9.47 Å². The van der Waals surface area contributed by atoms with Gasteiger partial charge >= 0.3 is 5.97 Å². The fourth-order valence-corrected chi connectivity index (χ4v) is 3.72. The molecule has 0 unspecified atom stereocenters. The summed E-state index contributed by atoms with van der Waals surface area (Å²) in [4.78, 5) is 30.3. The van der Waals surface area contributed by atoms with Crippen molar-refractivity contribution in [2.45, 2.75) is 26.9 Å². The number of benzene rings is 2. The van der Waals surface area contributed by atoms with Gasteiger partial charge in [0.15, 0.2) is 5.13 Å². The Labute approximate surface area is 185 Å². The molecule has 0 aliphatic carbocycles. The van der Waals surface area contributed by atoms with Gasteiger partial charge in [0.2, 0.25) is 5.91 Å². The minimum atomic E-state index is -0.469. The average molecular weight is 437 g/mol. The van der Waals surface area contributed by atoms with Gasteiger partial charge in [-0.1, -0.05) is 31.2 Å². The Kier molecular flexibility index (Phi) is 7.56. The topological polar surface area (TPSA) is 68.7 Å². The van der Waals surface area contributed by atoms with Crippen LogP contribution in [0.2, 0.25) is 0 Å². The lowest BCUT2D eigenvalue weighted by atomic mass is 10.1. The van der Waals surface area contributed by atoms with Gasteiger partial charge < -0.3 is 9.47 Å². The van der Waals surface area contributed by atoms with Crippen molar-refractivity contribution < 1.29 is 19.1 Å². The first-order valence-electron chi connectivity index (χ1n) is 9.83. The highest BCUT2D eigenvalue weighted by Crippen LogP contribution is 2.29. The lowest BCUT2D eigenvalue weighted by Crippen LogP contribution is -2.22. The van der Waals surface area contributed by atoms with Crippen LogP contribution in [0.1, 0.15) is 30.7 Å². The number of esters is 1. The summed E-state index contributed by atoms with van der Waals surface area (Å²) in [6, 6.07) is 15.1. The molecular weight excluding hydrogens is 412 g/mol. The van der Waals surface area contributed by atoms with E-state index in [2.05, 4.69) is 11.9 Å². The van der Waals surface area contributed by atoms with E-state index in [1.54, 1.807) is 23.5 Å². The molecule has 0 fully saturated rings. The number of carbonyl (C=O) groups is 2. The Balaban J connectivity index is 1.61. The standard InChI is InChI=1S/C24H24N2O4S/c1-4-18-5-10-21(11-6-18)26(17(2)27)24-25-20(16-31-24)15-30-23(28)14-9-19-7-12-22(29-3)13-8-19/h5-14,16H,4,15H2,1-3H3/b14-9+. The zero-order chi connectivity index (χ0) is 22.2. The quantitative estimate of drug-likeness (QED) is 0.361. The predicted octanol–water partition coefficient (Wildman–Crippen LogP) is 5.16. The van der Waals surface area contributed by atoms with E-state index in [9.17, 15) is 9.59 Å². The maximum absolute atomic E-state index is 12.2. The lowest BCUT2D eigenvalue weighted by Gasteiger charge is -2.18. The van der Waals surface area contributed by atoms with Gasteiger partial charge in [-0.3, -0.25) is 9.69 Å². The van der Waals surface area contributed by atoms with Crippen molar-refractivity contribution in [2.24, 2.45) is 0 Å². The van der Waals surface area contributed by atoms with Gasteiger partial charge in [0, 0.05) is 18.4 Å². The summed E-state index contributed by atoms with van der Waals surface area (Å²) < 4.78 is 10.4. The number of ether oxygens (including phenoxy) is 2. The van der Waals surface area contributed by atoms with Crippen LogP contribution >= 0.6 is 11.3 Å². The number of aromatic nitrogens is 1. The Bertz CT molecular complexity index is 1060. The number of hydrogen-bond acceptors (Lipinski definition) is 6. The van der Waals surface area contributed by atoms with Crippen molar-refractivity contribution >= 4 is 40.1 Å². The molecule has 7 heteroatoms. The average Bonchev–Trinajstić information content (AvgIpc) is 3.25. The molecule has 0 bridgehead atoms. The monoisotopic (exact) mass is 436 g/mol. The summed E-state index contributed by atoms with van der Waals surface area (Å²) in [6.45, 7) is 3.61. The number of rotatable bonds is 8. The van der Waals surface area contributed by atoms with Crippen molar-refractivity contribution in [3.63, 3.8) is 0 Å². The molecule has 6 nitrogen and oxygen atoms in total. The molecule has 3 rings (SSSR count). The molecule has 0 aliphatic heterocycles. The number of hydrogen-bond donors (Lipinski definition) is 0. The highest BCUT2D eigenvalue weighted by atomic mass is 32.1. The predicted molar refractivity (Wildman–Crippen MR) is 123 cm³/mol. The first-order chi connectivity index (χ1) is 15.0. The molecule has 0 aliphatic rings. The molecule has 160 valence electrons. The van der Waals surface area contributed by atoms with Gasteiger partial charge in [-0.2, -0.15) is 0 Å². The van der Waals surface area contributed by atoms with E-state index < -0.39 is 5.97 Å². The minimum Gasteiger partial charge on any atom is -0.497 e. The van der Waals surface area contributed by atoms with Crippen LogP contribution in [0.5, 0.6) is 5.75 Å². The molecule has 0 radical (unpaired) electrons. The van der Waals surface area contributed by atoms with Crippen LogP contribution in [0.25, 0.3) is 6.08 Å². The lowest BCUT2D eigenvalue weighted by molar-refractivity contribution is -0.139. The summed E-state index contributed by atoms with van der Waals surface area (Å²) in [5.41, 5.74) is 3.40. The van der Waals surface area contributed by atoms with Crippen molar-refractivity contribution in [3.8, 4) is 5.75 Å². The van der Waals surface area contributed by atoms with Gasteiger partial charge in [0.05, 0.1) is 18.5 Å². The molecule has 0 atom stereocenters. The van der Waals surface area contributed by atoms with Crippen molar-refractivity contribution in [3.05, 3.63) is 76.8 Å². The van der Waals surface area contributed by atoms with Crippen molar-refractivity contribution in [1.29, 1.82) is 0 Å². The number of amides is 1. The third-order valence-electron chi connectivity index (χ3n) is 4.54. The SMILES string of the molecule is CCc1ccc(N(C(C)=O)c2nc(COC(=O)/C=C/c3ccc(OC)cc3)cs2)cc1. The molecule has 1 heterocycles. The molecule has 31 heavy (non-hydrogen) atoms. The van der Waals surface area contributed by atoms with Crippen LogP contribution < -0.4 is 9.64 Å². The van der Waals surface area contributed by atoms with Gasteiger partial charge in [-0.25, -0.2) is 9.78 Å². The molecule has 1 amide bonds. The fraction of sp³-hybridized carbons (Fsp3) is 0.208. The smallest absolute Gasteiger partial charge is 0.331 e. The highest BCUT2D eigenvalue weighted by molar-refractivity contribution is 7.14. The van der Waals surface area contributed by atoms with Crippen LogP contribution in [0.3, 0.4) is 0 Å². The Morgan fingerprint density at radius 1 is 1.10 bits per heavy atom. The Morgan fingerprint density at radius 2 is 1.81 bits per heavy atom. The number of aryl methyl sites for hydroxylation is 1. The van der Waals surface area contributed by atoms with Crippen molar-refractivity contribution in [1.82, 2.24) is 4.98 Å². The largest absolute Gasteiger partial charge is 0.497 e. The third kappa shape index (κ3) is 6.02. The maximum Gasteiger partial charge on any atom is 0.331 e. The second-order valence-corrected chi connectivity index (χ2v) is 7.55. The summed E-state index contributed by atoms with van der Waals surface area (Å²) >= 11 is 1.33. The molecule has 0 N–H and O–H groups in total. The molecule has 2 aromatic carbocycles. The van der Waals surface area contributed by atoms with Crippen LogP contribution in [0.4, 0.5) is 10.8 Å². The Hall–Kier alpha value is -3.45. The van der Waals surface area contributed by atoms with Crippen LogP contribution in [-0.4, -0.2) is 24.0 Å². The fourth-order valence-electron chi connectivity index (χ4n) is 2.85. The molecule has 0 saturated carbocycles. The number of anilines is 2. The van der Waals surface area contributed by atoms with Gasteiger partial charge in [0.1, 0.15) is 12.4 Å². The number of thiazole rings is 1. The third-order valence-corrected chi connectivity index (χ3v) is 5.41. The first kappa shape index (κ1) is 22.2. The van der Waals surface area contributed by atoms with E-state index in [0.29, 0.717) is 10.8 Å². The number of methoxy groups -OCH3 is 1. The Morgan fingerprint density at radius 3 is 2.42 bits per heavy atom. The van der Waals surface area contributed by atoms with Crippen LogP contribution in [0, 0.1) is 0 Å². The highest BCUT2D eigenvalue weighted by Gasteiger charge is 2.18. The second-order valence-electron chi connectivity index (χ2n) is 6.71. The zero-order valence-corrected chi connectivity index (χ0v) is 18.5. The molecular formula is C24H24N2O4S. The molecule has 1 aromatic heterocycles. The number of carbonyl (C=O) groups excluding carboxylic acids is 2. The van der Waals surface area contributed by atoms with E-state index in [-0.39, 0.29) is 12.5 Å². The van der Waals surface area contributed by atoms with Crippen LogP contribution in [0.15, 0.2) is 60.0 Å². The summed E-state index contributed by atoms with van der Waals surface area (Å²) in [6.07, 6.45) is 3.97. The van der Waals surface area contributed by atoms with E-state index >= 15 is 0 Å². The molecule has 3 aromatic rings. The van der Waals surface area contributed by atoms with Gasteiger partial charge in [0.25, 0.3) is 0 Å². The summed E-state index contributed by atoms with van der Waals surface area (Å²) in [7, 11) is 1.60. The normalized spacial score (nSPS) is 10.8. The maximum atomic E-state index is 12.2. The first-order valence-corrected chi connectivity index (χ1v) is 10.7. The molecule has 0 saturated heterocycles. The van der Waals surface area contributed by atoms with Crippen molar-refractivity contribution in [2.75, 3.05) is 12.0 Å². The number of nitrogens with zero attached hydrogens (tertiary/aromatic N) is 2. The zero-order valence-electron chi connectivity index (χ0n) is 17.7. The summed E-state index contributed by atoms with van der Waals surface area (Å²) in [5.74, 6) is 0.147. The van der Waals surface area contributed by atoms with E-state index in [1.807, 2.05) is 48.5 Å². The van der Waals surface area contributed by atoms with Gasteiger partial charge in [-0.15, -0.1) is 11.3 Å². The minimum absolute atomic E-state index is 0.0306. The van der Waals surface area contributed by atoms with Gasteiger partial charge in [-0.05, 0) is 47.9 Å². The second kappa shape index (κ2) is 10.5.